The predicted octanol–water partition coefficient (Wildman–Crippen LogP) is 4.48. The number of nitrogens with zero attached hydrogens (tertiary/aromatic N) is 2. The molecular weight excluding hydrogens is 300 g/mol. The molecule has 3 rings (SSSR count). The lowest BCUT2D eigenvalue weighted by atomic mass is 9.68. The first-order valence-electron chi connectivity index (χ1n) is 9.20. The van der Waals surface area contributed by atoms with Crippen LogP contribution in [0.5, 0.6) is 0 Å². The summed E-state index contributed by atoms with van der Waals surface area (Å²) in [6.07, 6.45) is 9.49. The molecule has 132 valence electrons. The van der Waals surface area contributed by atoms with Crippen LogP contribution in [0.1, 0.15) is 76.5 Å². The van der Waals surface area contributed by atoms with E-state index >= 15 is 0 Å². The fraction of sp³-hybridized carbons (Fsp3) is 0.650. The van der Waals surface area contributed by atoms with Crippen LogP contribution in [0.3, 0.4) is 0 Å². The summed E-state index contributed by atoms with van der Waals surface area (Å²) >= 11 is 0. The monoisotopic (exact) mass is 330 g/mol. The van der Waals surface area contributed by atoms with Crippen molar-refractivity contribution in [3.63, 3.8) is 0 Å². The van der Waals surface area contributed by atoms with Gasteiger partial charge in [0, 0.05) is 18.4 Å². The first kappa shape index (κ1) is 17.4. The topological polar surface area (TPSA) is 46.8 Å². The molecule has 1 N–H and O–H groups in total. The Labute approximate surface area is 144 Å². The van der Waals surface area contributed by atoms with Crippen LogP contribution in [-0.2, 0) is 4.74 Å². The van der Waals surface area contributed by atoms with Crippen molar-refractivity contribution in [1.29, 1.82) is 0 Å². The maximum absolute atomic E-state index is 9.95. The highest BCUT2D eigenvalue weighted by molar-refractivity contribution is 5.59. The molecule has 1 atom stereocenters. The molecule has 1 saturated carbocycles. The molecule has 0 bridgehead atoms. The van der Waals surface area contributed by atoms with Gasteiger partial charge in [0.1, 0.15) is 0 Å². The second-order valence-corrected chi connectivity index (χ2v) is 7.75. The largest absolute Gasteiger partial charge is 0.393 e. The van der Waals surface area contributed by atoms with Crippen molar-refractivity contribution < 1.29 is 9.84 Å². The lowest BCUT2D eigenvalue weighted by Gasteiger charge is -2.43. The Kier molecular flexibility index (Phi) is 4.97. The van der Waals surface area contributed by atoms with Gasteiger partial charge in [-0.1, -0.05) is 20.8 Å². The summed E-state index contributed by atoms with van der Waals surface area (Å²) in [7, 11) is 0. The standard InChI is InChI=1S/C20H30N2O2/c1-5-24-19(20(4)9-6-15(23)7-10-20)18-16(14(2)3)8-11-22-13-21-12-17(18)22/h8,11-15,19,23H,5-7,9-10H2,1-4H3/t15?,19-,20?/m1/s1. The van der Waals surface area contributed by atoms with Crippen LogP contribution in [0, 0.1) is 5.41 Å². The minimum Gasteiger partial charge on any atom is -0.393 e. The summed E-state index contributed by atoms with van der Waals surface area (Å²) in [4.78, 5) is 4.35. The minimum absolute atomic E-state index is 0.0350. The van der Waals surface area contributed by atoms with Crippen LogP contribution in [0.15, 0.2) is 24.8 Å². The second kappa shape index (κ2) is 6.85. The normalized spacial score (nSPS) is 26.2. The van der Waals surface area contributed by atoms with Crippen molar-refractivity contribution in [3.8, 4) is 0 Å². The van der Waals surface area contributed by atoms with Gasteiger partial charge in [-0.25, -0.2) is 4.98 Å². The quantitative estimate of drug-likeness (QED) is 0.879. The average Bonchev–Trinajstić information content (AvgIpc) is 3.03. The number of hydrogen-bond donors (Lipinski definition) is 1. The predicted molar refractivity (Wildman–Crippen MR) is 96.2 cm³/mol. The second-order valence-electron chi connectivity index (χ2n) is 7.75. The number of aliphatic hydroxyl groups excluding tert-OH is 1. The average molecular weight is 330 g/mol. The molecular formula is C20H30N2O2. The van der Waals surface area contributed by atoms with Crippen molar-refractivity contribution in [2.45, 2.75) is 71.5 Å². The lowest BCUT2D eigenvalue weighted by molar-refractivity contribution is -0.0644. The van der Waals surface area contributed by atoms with Crippen molar-refractivity contribution >= 4 is 5.52 Å². The van der Waals surface area contributed by atoms with Crippen molar-refractivity contribution in [2.75, 3.05) is 6.61 Å². The van der Waals surface area contributed by atoms with Crippen molar-refractivity contribution in [1.82, 2.24) is 9.38 Å². The Hall–Kier alpha value is -1.39. The summed E-state index contributed by atoms with van der Waals surface area (Å²) in [5, 5.41) is 9.95. The van der Waals surface area contributed by atoms with E-state index in [4.69, 9.17) is 4.74 Å². The molecule has 4 nitrogen and oxygen atoms in total. The summed E-state index contributed by atoms with van der Waals surface area (Å²) in [6, 6.07) is 2.21. The van der Waals surface area contributed by atoms with E-state index in [0.29, 0.717) is 12.5 Å². The maximum atomic E-state index is 9.95. The lowest BCUT2D eigenvalue weighted by Crippen LogP contribution is -2.35. The molecule has 0 amide bonds. The molecule has 1 fully saturated rings. The number of ether oxygens (including phenoxy) is 1. The summed E-state index contributed by atoms with van der Waals surface area (Å²) in [5.41, 5.74) is 3.82. The zero-order chi connectivity index (χ0) is 17.3. The van der Waals surface area contributed by atoms with Gasteiger partial charge in [-0.3, -0.25) is 0 Å². The third-order valence-electron chi connectivity index (χ3n) is 5.62. The van der Waals surface area contributed by atoms with Gasteiger partial charge in [-0.05, 0) is 55.6 Å². The summed E-state index contributed by atoms with van der Waals surface area (Å²) in [5.74, 6) is 0.431. The molecule has 2 heterocycles. The van der Waals surface area contributed by atoms with E-state index in [9.17, 15) is 5.11 Å². The molecule has 1 aliphatic rings. The molecule has 24 heavy (non-hydrogen) atoms. The molecule has 0 radical (unpaired) electrons. The molecule has 0 aromatic carbocycles. The molecule has 2 aromatic rings. The van der Waals surface area contributed by atoms with Gasteiger partial charge in [-0.2, -0.15) is 0 Å². The number of hydrogen-bond acceptors (Lipinski definition) is 3. The van der Waals surface area contributed by atoms with Crippen molar-refractivity contribution in [3.05, 3.63) is 35.9 Å². The molecule has 0 saturated heterocycles. The first-order valence-corrected chi connectivity index (χ1v) is 9.20. The smallest absolute Gasteiger partial charge is 0.0992 e. The van der Waals surface area contributed by atoms with E-state index in [-0.39, 0.29) is 17.6 Å². The van der Waals surface area contributed by atoms with Crippen LogP contribution >= 0.6 is 0 Å². The Balaban J connectivity index is 2.13. The minimum atomic E-state index is -0.157. The molecule has 2 aromatic heterocycles. The summed E-state index contributed by atoms with van der Waals surface area (Å²) < 4.78 is 8.44. The first-order chi connectivity index (χ1) is 11.5. The number of pyridine rings is 1. The van der Waals surface area contributed by atoms with Gasteiger partial charge in [0.25, 0.3) is 0 Å². The van der Waals surface area contributed by atoms with Gasteiger partial charge in [0.2, 0.25) is 0 Å². The fourth-order valence-corrected chi connectivity index (χ4v) is 4.14. The highest BCUT2D eigenvalue weighted by atomic mass is 16.5. The number of rotatable bonds is 5. The molecule has 0 aliphatic heterocycles. The maximum Gasteiger partial charge on any atom is 0.0992 e. The van der Waals surface area contributed by atoms with E-state index in [1.807, 2.05) is 12.5 Å². The van der Waals surface area contributed by atoms with E-state index in [1.54, 1.807) is 0 Å². The third kappa shape index (κ3) is 3.09. The number of aromatic nitrogens is 2. The number of fused-ring (bicyclic) bond motifs is 1. The van der Waals surface area contributed by atoms with E-state index in [2.05, 4.69) is 49.3 Å². The van der Waals surface area contributed by atoms with Gasteiger partial charge in [0.15, 0.2) is 0 Å². The van der Waals surface area contributed by atoms with Crippen LogP contribution in [-0.4, -0.2) is 27.2 Å². The highest BCUT2D eigenvalue weighted by Gasteiger charge is 2.41. The molecule has 0 spiro atoms. The Morgan fingerprint density at radius 1 is 1.38 bits per heavy atom. The molecule has 0 unspecified atom stereocenters. The Morgan fingerprint density at radius 3 is 2.71 bits per heavy atom. The van der Waals surface area contributed by atoms with E-state index in [1.165, 1.54) is 11.1 Å². The van der Waals surface area contributed by atoms with Gasteiger partial charge in [-0.15, -0.1) is 0 Å². The van der Waals surface area contributed by atoms with Gasteiger partial charge >= 0.3 is 0 Å². The zero-order valence-electron chi connectivity index (χ0n) is 15.3. The highest BCUT2D eigenvalue weighted by Crippen LogP contribution is 2.50. The Morgan fingerprint density at radius 2 is 2.08 bits per heavy atom. The van der Waals surface area contributed by atoms with Crippen LogP contribution in [0.4, 0.5) is 0 Å². The summed E-state index contributed by atoms with van der Waals surface area (Å²) in [6.45, 7) is 9.56. The van der Waals surface area contributed by atoms with Crippen molar-refractivity contribution in [2.24, 2.45) is 5.41 Å². The fourth-order valence-electron chi connectivity index (χ4n) is 4.14. The molecule has 4 heteroatoms. The van der Waals surface area contributed by atoms with Gasteiger partial charge < -0.3 is 14.2 Å². The van der Waals surface area contributed by atoms with Crippen LogP contribution < -0.4 is 0 Å². The SMILES string of the molecule is CCO[C@H](c1c(C(C)C)ccn2cncc12)C1(C)CCC(O)CC1. The van der Waals surface area contributed by atoms with E-state index in [0.717, 1.165) is 31.2 Å². The Bertz CT molecular complexity index is 684. The number of imidazole rings is 1. The third-order valence-corrected chi connectivity index (χ3v) is 5.62. The zero-order valence-corrected chi connectivity index (χ0v) is 15.3. The van der Waals surface area contributed by atoms with E-state index < -0.39 is 0 Å². The van der Waals surface area contributed by atoms with Crippen LogP contribution in [0.25, 0.3) is 5.52 Å². The van der Waals surface area contributed by atoms with Gasteiger partial charge in [0.05, 0.1) is 30.2 Å². The number of aliphatic hydroxyl groups is 1. The van der Waals surface area contributed by atoms with Crippen LogP contribution in [0.2, 0.25) is 0 Å². The molecule has 1 aliphatic carbocycles.